The molecule has 2 atom stereocenters. The Bertz CT molecular complexity index is 329. The van der Waals surface area contributed by atoms with E-state index in [0.717, 1.165) is 19.4 Å². The molecule has 2 nitrogen and oxygen atoms in total. The Balaban J connectivity index is 1.96. The van der Waals surface area contributed by atoms with E-state index in [0.29, 0.717) is 11.8 Å². The standard InChI is InChI=1S/C12H16FNO/c1-9-7-12(5-6-14-9)15-11-4-2-3-10(13)8-11/h2-4,8-9,12,14H,5-7H2,1H3. The monoisotopic (exact) mass is 209 g/mol. The van der Waals surface area contributed by atoms with Crippen LogP contribution in [0, 0.1) is 5.82 Å². The second-order valence-electron chi connectivity index (χ2n) is 4.08. The molecule has 1 aliphatic rings. The molecule has 0 bridgehead atoms. The molecular formula is C12H16FNO. The summed E-state index contributed by atoms with van der Waals surface area (Å²) in [5.74, 6) is 0.392. The highest BCUT2D eigenvalue weighted by atomic mass is 19.1. The maximum atomic E-state index is 12.9. The molecule has 1 N–H and O–H groups in total. The Morgan fingerprint density at radius 3 is 3.07 bits per heavy atom. The highest BCUT2D eigenvalue weighted by Crippen LogP contribution is 2.19. The lowest BCUT2D eigenvalue weighted by atomic mass is 10.0. The van der Waals surface area contributed by atoms with Crippen LogP contribution in [0.15, 0.2) is 24.3 Å². The Morgan fingerprint density at radius 1 is 1.47 bits per heavy atom. The van der Waals surface area contributed by atoms with Gasteiger partial charge < -0.3 is 10.1 Å². The average Bonchev–Trinajstić information content (AvgIpc) is 2.17. The third-order valence-corrected chi connectivity index (χ3v) is 2.67. The Kier molecular flexibility index (Phi) is 3.21. The third-order valence-electron chi connectivity index (χ3n) is 2.67. The second-order valence-corrected chi connectivity index (χ2v) is 4.08. The molecule has 0 saturated carbocycles. The van der Waals surface area contributed by atoms with E-state index in [2.05, 4.69) is 12.2 Å². The maximum Gasteiger partial charge on any atom is 0.126 e. The Labute approximate surface area is 89.4 Å². The second kappa shape index (κ2) is 4.62. The van der Waals surface area contributed by atoms with Crippen molar-refractivity contribution in [3.8, 4) is 5.75 Å². The van der Waals surface area contributed by atoms with E-state index in [1.165, 1.54) is 12.1 Å². The molecule has 0 aromatic heterocycles. The lowest BCUT2D eigenvalue weighted by molar-refractivity contribution is 0.143. The van der Waals surface area contributed by atoms with E-state index in [-0.39, 0.29) is 11.9 Å². The van der Waals surface area contributed by atoms with Crippen LogP contribution in [-0.2, 0) is 0 Å². The van der Waals surface area contributed by atoms with Gasteiger partial charge in [0.05, 0.1) is 0 Å². The molecule has 3 heteroatoms. The zero-order chi connectivity index (χ0) is 10.7. The van der Waals surface area contributed by atoms with Gasteiger partial charge in [-0.15, -0.1) is 0 Å². The molecule has 0 amide bonds. The van der Waals surface area contributed by atoms with Gasteiger partial charge in [0.25, 0.3) is 0 Å². The van der Waals surface area contributed by atoms with Crippen molar-refractivity contribution in [2.24, 2.45) is 0 Å². The first-order valence-corrected chi connectivity index (χ1v) is 5.39. The molecule has 0 aliphatic carbocycles. The van der Waals surface area contributed by atoms with Gasteiger partial charge in [-0.3, -0.25) is 0 Å². The Morgan fingerprint density at radius 2 is 2.33 bits per heavy atom. The van der Waals surface area contributed by atoms with Gasteiger partial charge in [-0.25, -0.2) is 4.39 Å². The van der Waals surface area contributed by atoms with Crippen LogP contribution in [-0.4, -0.2) is 18.7 Å². The van der Waals surface area contributed by atoms with E-state index < -0.39 is 0 Å². The van der Waals surface area contributed by atoms with Crippen molar-refractivity contribution >= 4 is 0 Å². The number of piperidine rings is 1. The van der Waals surface area contributed by atoms with E-state index >= 15 is 0 Å². The summed E-state index contributed by atoms with van der Waals surface area (Å²) in [7, 11) is 0. The number of halogens is 1. The molecule has 15 heavy (non-hydrogen) atoms. The summed E-state index contributed by atoms with van der Waals surface area (Å²) in [6.45, 7) is 3.11. The van der Waals surface area contributed by atoms with Gasteiger partial charge in [0.1, 0.15) is 17.7 Å². The zero-order valence-corrected chi connectivity index (χ0v) is 8.87. The summed E-state index contributed by atoms with van der Waals surface area (Å²) in [5.41, 5.74) is 0. The van der Waals surface area contributed by atoms with E-state index in [1.807, 2.05) is 0 Å². The van der Waals surface area contributed by atoms with Crippen LogP contribution in [0.3, 0.4) is 0 Å². The van der Waals surface area contributed by atoms with Gasteiger partial charge in [-0.1, -0.05) is 6.07 Å². The van der Waals surface area contributed by atoms with Crippen LogP contribution in [0.25, 0.3) is 0 Å². The van der Waals surface area contributed by atoms with Crippen LogP contribution in [0.4, 0.5) is 4.39 Å². The summed E-state index contributed by atoms with van der Waals surface area (Å²) in [6.07, 6.45) is 2.18. The SMILES string of the molecule is CC1CC(Oc2cccc(F)c2)CCN1. The summed E-state index contributed by atoms with van der Waals surface area (Å²) in [6, 6.07) is 6.83. The highest BCUT2D eigenvalue weighted by Gasteiger charge is 2.19. The topological polar surface area (TPSA) is 21.3 Å². The number of hydrogen-bond acceptors (Lipinski definition) is 2. The largest absolute Gasteiger partial charge is 0.490 e. The minimum atomic E-state index is -0.241. The lowest BCUT2D eigenvalue weighted by Crippen LogP contribution is -2.40. The van der Waals surface area contributed by atoms with Gasteiger partial charge in [-0.05, 0) is 38.4 Å². The Hall–Kier alpha value is -1.09. The van der Waals surface area contributed by atoms with Crippen LogP contribution < -0.4 is 10.1 Å². The van der Waals surface area contributed by atoms with Crippen LogP contribution >= 0.6 is 0 Å². The molecule has 2 unspecified atom stereocenters. The van der Waals surface area contributed by atoms with Crippen molar-refractivity contribution in [1.29, 1.82) is 0 Å². The maximum absolute atomic E-state index is 12.9. The summed E-state index contributed by atoms with van der Waals surface area (Å²) in [5, 5.41) is 3.36. The van der Waals surface area contributed by atoms with Crippen molar-refractivity contribution in [3.63, 3.8) is 0 Å². The smallest absolute Gasteiger partial charge is 0.126 e. The molecule has 1 fully saturated rings. The van der Waals surface area contributed by atoms with Crippen molar-refractivity contribution in [2.75, 3.05) is 6.54 Å². The lowest BCUT2D eigenvalue weighted by Gasteiger charge is -2.28. The normalized spacial score (nSPS) is 26.3. The zero-order valence-electron chi connectivity index (χ0n) is 8.87. The molecule has 1 saturated heterocycles. The predicted molar refractivity (Wildman–Crippen MR) is 57.5 cm³/mol. The number of benzene rings is 1. The van der Waals surface area contributed by atoms with E-state index in [1.54, 1.807) is 12.1 Å². The van der Waals surface area contributed by atoms with E-state index in [4.69, 9.17) is 4.74 Å². The summed E-state index contributed by atoms with van der Waals surface area (Å²) < 4.78 is 18.6. The van der Waals surface area contributed by atoms with Crippen molar-refractivity contribution in [3.05, 3.63) is 30.1 Å². The molecule has 1 aromatic rings. The first kappa shape index (κ1) is 10.4. The van der Waals surface area contributed by atoms with Crippen LogP contribution in [0.5, 0.6) is 5.75 Å². The average molecular weight is 209 g/mol. The first-order chi connectivity index (χ1) is 7.24. The van der Waals surface area contributed by atoms with Gasteiger partial charge in [0, 0.05) is 12.1 Å². The van der Waals surface area contributed by atoms with Gasteiger partial charge in [0.2, 0.25) is 0 Å². The molecule has 0 radical (unpaired) electrons. The first-order valence-electron chi connectivity index (χ1n) is 5.39. The minimum absolute atomic E-state index is 0.211. The number of rotatable bonds is 2. The fourth-order valence-corrected chi connectivity index (χ4v) is 1.93. The fourth-order valence-electron chi connectivity index (χ4n) is 1.93. The van der Waals surface area contributed by atoms with Gasteiger partial charge >= 0.3 is 0 Å². The molecule has 1 aromatic carbocycles. The van der Waals surface area contributed by atoms with Gasteiger partial charge in [0.15, 0.2) is 0 Å². The predicted octanol–water partition coefficient (Wildman–Crippen LogP) is 2.34. The summed E-state index contributed by atoms with van der Waals surface area (Å²) in [4.78, 5) is 0. The van der Waals surface area contributed by atoms with Crippen molar-refractivity contribution in [1.82, 2.24) is 5.32 Å². The number of nitrogens with one attached hydrogen (secondary N) is 1. The van der Waals surface area contributed by atoms with Crippen LogP contribution in [0.2, 0.25) is 0 Å². The molecular weight excluding hydrogens is 193 g/mol. The fraction of sp³-hybridized carbons (Fsp3) is 0.500. The molecule has 1 aliphatic heterocycles. The molecule has 1 heterocycles. The third kappa shape index (κ3) is 2.93. The van der Waals surface area contributed by atoms with Crippen molar-refractivity contribution < 1.29 is 9.13 Å². The molecule has 0 spiro atoms. The van der Waals surface area contributed by atoms with Crippen molar-refractivity contribution in [2.45, 2.75) is 31.9 Å². The quantitative estimate of drug-likeness (QED) is 0.807. The minimum Gasteiger partial charge on any atom is -0.490 e. The molecule has 82 valence electrons. The number of hydrogen-bond donors (Lipinski definition) is 1. The van der Waals surface area contributed by atoms with Gasteiger partial charge in [-0.2, -0.15) is 0 Å². The molecule has 2 rings (SSSR count). The summed E-state index contributed by atoms with van der Waals surface area (Å²) >= 11 is 0. The van der Waals surface area contributed by atoms with Crippen LogP contribution in [0.1, 0.15) is 19.8 Å². The van der Waals surface area contributed by atoms with E-state index in [9.17, 15) is 4.39 Å². The number of ether oxygens (including phenoxy) is 1. The highest BCUT2D eigenvalue weighted by molar-refractivity contribution is 5.22.